The number of para-hydroxylation sites is 1. The lowest BCUT2D eigenvalue weighted by Crippen LogP contribution is -2.13. The van der Waals surface area contributed by atoms with E-state index in [1.807, 2.05) is 12.1 Å². The minimum Gasteiger partial charge on any atom is -0.486 e. The highest BCUT2D eigenvalue weighted by Crippen LogP contribution is 2.32. The SMILES string of the molecule is C=C(Cl)COc1cccc2c1NCCC2. The van der Waals surface area contributed by atoms with Crippen LogP contribution in [0.5, 0.6) is 5.75 Å². The Morgan fingerprint density at radius 3 is 3.20 bits per heavy atom. The van der Waals surface area contributed by atoms with Gasteiger partial charge in [0.05, 0.1) is 5.69 Å². The summed E-state index contributed by atoms with van der Waals surface area (Å²) in [6, 6.07) is 6.10. The number of anilines is 1. The summed E-state index contributed by atoms with van der Waals surface area (Å²) in [5, 5.41) is 3.87. The topological polar surface area (TPSA) is 21.3 Å². The number of fused-ring (bicyclic) bond motifs is 1. The van der Waals surface area contributed by atoms with E-state index < -0.39 is 0 Å². The molecule has 2 nitrogen and oxygen atoms in total. The van der Waals surface area contributed by atoms with Crippen LogP contribution in [0.15, 0.2) is 29.8 Å². The van der Waals surface area contributed by atoms with Crippen molar-refractivity contribution in [1.82, 2.24) is 0 Å². The van der Waals surface area contributed by atoms with Gasteiger partial charge in [0.15, 0.2) is 0 Å². The van der Waals surface area contributed by atoms with Crippen LogP contribution in [0.2, 0.25) is 0 Å². The molecule has 0 amide bonds. The number of halogens is 1. The summed E-state index contributed by atoms with van der Waals surface area (Å²) in [4.78, 5) is 0. The minimum atomic E-state index is 0.361. The number of benzene rings is 1. The smallest absolute Gasteiger partial charge is 0.143 e. The molecule has 0 unspecified atom stereocenters. The van der Waals surface area contributed by atoms with E-state index in [4.69, 9.17) is 16.3 Å². The van der Waals surface area contributed by atoms with Crippen molar-refractivity contribution in [3.8, 4) is 5.75 Å². The quantitative estimate of drug-likeness (QED) is 0.850. The molecule has 0 bridgehead atoms. The third-order valence-corrected chi connectivity index (χ3v) is 2.53. The summed E-state index contributed by atoms with van der Waals surface area (Å²) >= 11 is 5.67. The van der Waals surface area contributed by atoms with Gasteiger partial charge in [-0.15, -0.1) is 0 Å². The molecule has 1 heterocycles. The van der Waals surface area contributed by atoms with Crippen molar-refractivity contribution in [3.63, 3.8) is 0 Å². The molecule has 0 saturated heterocycles. The Morgan fingerprint density at radius 2 is 2.40 bits per heavy atom. The molecule has 2 rings (SSSR count). The van der Waals surface area contributed by atoms with Crippen LogP contribution < -0.4 is 10.1 Å². The maximum atomic E-state index is 5.67. The van der Waals surface area contributed by atoms with Gasteiger partial charge in [-0.2, -0.15) is 0 Å². The van der Waals surface area contributed by atoms with Gasteiger partial charge in [-0.3, -0.25) is 0 Å². The molecule has 0 spiro atoms. The average molecular weight is 224 g/mol. The van der Waals surface area contributed by atoms with Gasteiger partial charge in [0.2, 0.25) is 0 Å². The van der Waals surface area contributed by atoms with Gasteiger partial charge in [0.25, 0.3) is 0 Å². The molecule has 0 atom stereocenters. The number of hydrogen-bond acceptors (Lipinski definition) is 2. The molecule has 1 aromatic rings. The fraction of sp³-hybridized carbons (Fsp3) is 0.333. The summed E-state index contributed by atoms with van der Waals surface area (Å²) in [6.45, 7) is 4.97. The number of aryl methyl sites for hydroxylation is 1. The van der Waals surface area contributed by atoms with Gasteiger partial charge in [-0.25, -0.2) is 0 Å². The number of hydrogen-bond donors (Lipinski definition) is 1. The van der Waals surface area contributed by atoms with Gasteiger partial charge in [-0.1, -0.05) is 30.3 Å². The second-order valence-electron chi connectivity index (χ2n) is 3.63. The van der Waals surface area contributed by atoms with E-state index in [1.54, 1.807) is 0 Å². The van der Waals surface area contributed by atoms with Gasteiger partial charge in [0, 0.05) is 11.6 Å². The Bertz CT molecular complexity index is 376. The van der Waals surface area contributed by atoms with Crippen LogP contribution in [0.1, 0.15) is 12.0 Å². The van der Waals surface area contributed by atoms with Gasteiger partial charge in [0.1, 0.15) is 12.4 Å². The van der Waals surface area contributed by atoms with Crippen molar-refractivity contribution in [3.05, 3.63) is 35.4 Å². The van der Waals surface area contributed by atoms with Crippen LogP contribution in [-0.4, -0.2) is 13.2 Å². The molecule has 1 N–H and O–H groups in total. The molecule has 80 valence electrons. The molecule has 1 aliphatic heterocycles. The number of ether oxygens (including phenoxy) is 1. The standard InChI is InChI=1S/C12H14ClNO/c1-9(13)8-15-11-6-2-4-10-5-3-7-14-12(10)11/h2,4,6,14H,1,3,5,7-8H2. The Balaban J connectivity index is 2.19. The Morgan fingerprint density at radius 1 is 1.53 bits per heavy atom. The molecule has 15 heavy (non-hydrogen) atoms. The predicted octanol–water partition coefficient (Wildman–Crippen LogP) is 3.18. The Kier molecular flexibility index (Phi) is 3.17. The van der Waals surface area contributed by atoms with E-state index in [0.717, 1.165) is 24.4 Å². The first kappa shape index (κ1) is 10.4. The second kappa shape index (κ2) is 4.58. The van der Waals surface area contributed by atoms with E-state index in [2.05, 4.69) is 18.0 Å². The largest absolute Gasteiger partial charge is 0.486 e. The number of rotatable bonds is 3. The van der Waals surface area contributed by atoms with Crippen molar-refractivity contribution in [1.29, 1.82) is 0 Å². The van der Waals surface area contributed by atoms with E-state index >= 15 is 0 Å². The molecule has 3 heteroatoms. The van der Waals surface area contributed by atoms with Gasteiger partial charge < -0.3 is 10.1 Å². The fourth-order valence-electron chi connectivity index (χ4n) is 1.75. The van der Waals surface area contributed by atoms with E-state index in [0.29, 0.717) is 11.6 Å². The molecule has 1 aromatic carbocycles. The Hall–Kier alpha value is -1.15. The lowest BCUT2D eigenvalue weighted by molar-refractivity contribution is 0.360. The average Bonchev–Trinajstić information content (AvgIpc) is 2.26. The van der Waals surface area contributed by atoms with Crippen molar-refractivity contribution in [2.75, 3.05) is 18.5 Å². The van der Waals surface area contributed by atoms with Crippen molar-refractivity contribution in [2.24, 2.45) is 0 Å². The third kappa shape index (κ3) is 2.45. The summed E-state index contributed by atoms with van der Waals surface area (Å²) in [7, 11) is 0. The maximum Gasteiger partial charge on any atom is 0.143 e. The van der Waals surface area contributed by atoms with Crippen molar-refractivity contribution >= 4 is 17.3 Å². The summed E-state index contributed by atoms with van der Waals surface area (Å²) in [6.07, 6.45) is 2.29. The van der Waals surface area contributed by atoms with Crippen molar-refractivity contribution < 1.29 is 4.74 Å². The van der Waals surface area contributed by atoms with Crippen LogP contribution >= 0.6 is 11.6 Å². The molecular weight excluding hydrogens is 210 g/mol. The highest BCUT2D eigenvalue weighted by Gasteiger charge is 2.12. The second-order valence-corrected chi connectivity index (χ2v) is 4.16. The first-order valence-corrected chi connectivity index (χ1v) is 5.47. The van der Waals surface area contributed by atoms with Crippen LogP contribution in [0, 0.1) is 0 Å². The lowest BCUT2D eigenvalue weighted by atomic mass is 10.0. The molecule has 0 saturated carbocycles. The van der Waals surface area contributed by atoms with E-state index in [-0.39, 0.29) is 0 Å². The molecular formula is C12H14ClNO. The Labute approximate surface area is 94.9 Å². The maximum absolute atomic E-state index is 5.67. The highest BCUT2D eigenvalue weighted by atomic mass is 35.5. The normalized spacial score (nSPS) is 13.9. The van der Waals surface area contributed by atoms with Crippen molar-refractivity contribution in [2.45, 2.75) is 12.8 Å². The monoisotopic (exact) mass is 223 g/mol. The minimum absolute atomic E-state index is 0.361. The summed E-state index contributed by atoms with van der Waals surface area (Å²) in [5.41, 5.74) is 2.43. The van der Waals surface area contributed by atoms with E-state index in [1.165, 1.54) is 12.0 Å². The number of nitrogens with one attached hydrogen (secondary N) is 1. The molecule has 1 aliphatic rings. The van der Waals surface area contributed by atoms with Crippen LogP contribution in [0.3, 0.4) is 0 Å². The first-order valence-electron chi connectivity index (χ1n) is 5.09. The molecule has 0 radical (unpaired) electrons. The lowest BCUT2D eigenvalue weighted by Gasteiger charge is -2.20. The zero-order chi connectivity index (χ0) is 10.7. The summed E-state index contributed by atoms with van der Waals surface area (Å²) < 4.78 is 5.57. The molecule has 0 fully saturated rings. The van der Waals surface area contributed by atoms with Gasteiger partial charge in [-0.05, 0) is 24.5 Å². The van der Waals surface area contributed by atoms with Crippen LogP contribution in [-0.2, 0) is 6.42 Å². The third-order valence-electron chi connectivity index (χ3n) is 2.42. The molecule has 0 aliphatic carbocycles. The predicted molar refractivity (Wildman–Crippen MR) is 63.7 cm³/mol. The fourth-order valence-corrected chi connectivity index (χ4v) is 1.81. The van der Waals surface area contributed by atoms with Gasteiger partial charge >= 0.3 is 0 Å². The molecule has 0 aromatic heterocycles. The first-order chi connectivity index (χ1) is 7.27. The van der Waals surface area contributed by atoms with Crippen LogP contribution in [0.4, 0.5) is 5.69 Å². The summed E-state index contributed by atoms with van der Waals surface area (Å²) in [5.74, 6) is 0.869. The highest BCUT2D eigenvalue weighted by molar-refractivity contribution is 6.29. The zero-order valence-corrected chi connectivity index (χ0v) is 9.31. The zero-order valence-electron chi connectivity index (χ0n) is 8.55. The van der Waals surface area contributed by atoms with E-state index in [9.17, 15) is 0 Å². The van der Waals surface area contributed by atoms with Crippen LogP contribution in [0.25, 0.3) is 0 Å².